The van der Waals surface area contributed by atoms with Gasteiger partial charge in [0.05, 0.1) is 6.42 Å². The predicted octanol–water partition coefficient (Wildman–Crippen LogP) is 1.69. The summed E-state index contributed by atoms with van der Waals surface area (Å²) in [6.07, 6.45) is 3.61. The lowest BCUT2D eigenvalue weighted by molar-refractivity contribution is -0.137. The molecule has 0 amide bonds. The van der Waals surface area contributed by atoms with E-state index in [0.717, 1.165) is 18.4 Å². The van der Waals surface area contributed by atoms with Crippen molar-refractivity contribution < 1.29 is 9.90 Å². The number of aliphatic carboxylic acids is 1. The second kappa shape index (κ2) is 4.66. The van der Waals surface area contributed by atoms with Crippen molar-refractivity contribution in [3.8, 4) is 0 Å². The van der Waals surface area contributed by atoms with Crippen molar-refractivity contribution in [2.75, 3.05) is 6.54 Å². The molecule has 1 atom stereocenters. The number of carboxylic acid groups (broad SMARTS) is 1. The second-order valence-electron chi connectivity index (χ2n) is 4.41. The number of hydrogen-bond acceptors (Lipinski definition) is 2. The van der Waals surface area contributed by atoms with Gasteiger partial charge in [-0.15, -0.1) is 0 Å². The average Bonchev–Trinajstić information content (AvgIpc) is 2.72. The van der Waals surface area contributed by atoms with E-state index >= 15 is 0 Å². The largest absolute Gasteiger partial charge is 0.481 e. The van der Waals surface area contributed by atoms with E-state index in [2.05, 4.69) is 12.1 Å². The molecule has 1 aromatic carbocycles. The first-order valence-corrected chi connectivity index (χ1v) is 5.74. The number of hydrogen-bond donors (Lipinski definition) is 2. The Kier molecular flexibility index (Phi) is 3.25. The Morgan fingerprint density at radius 1 is 1.38 bits per heavy atom. The molecule has 1 aliphatic carbocycles. The van der Waals surface area contributed by atoms with Gasteiger partial charge in [-0.25, -0.2) is 0 Å². The molecule has 0 aliphatic heterocycles. The third kappa shape index (κ3) is 2.25. The lowest BCUT2D eigenvalue weighted by atomic mass is 9.93. The van der Waals surface area contributed by atoms with E-state index in [9.17, 15) is 4.79 Å². The molecule has 1 aromatic rings. The normalized spacial score (nSPS) is 15.8. The summed E-state index contributed by atoms with van der Waals surface area (Å²) in [5.41, 5.74) is 9.50. The predicted molar refractivity (Wildman–Crippen MR) is 62.5 cm³/mol. The summed E-state index contributed by atoms with van der Waals surface area (Å²) in [5, 5.41) is 8.81. The summed E-state index contributed by atoms with van der Waals surface area (Å²) in [6, 6.07) is 6.30. The Morgan fingerprint density at radius 2 is 2.12 bits per heavy atom. The number of carbonyl (C=O) groups is 1. The van der Waals surface area contributed by atoms with Crippen LogP contribution in [-0.2, 0) is 17.6 Å². The fraction of sp³-hybridized carbons (Fsp3) is 0.462. The van der Waals surface area contributed by atoms with E-state index in [4.69, 9.17) is 10.8 Å². The van der Waals surface area contributed by atoms with Crippen LogP contribution in [0.4, 0.5) is 0 Å². The Labute approximate surface area is 95.3 Å². The Hall–Kier alpha value is -1.35. The van der Waals surface area contributed by atoms with Crippen LogP contribution in [0.15, 0.2) is 18.2 Å². The monoisotopic (exact) mass is 219 g/mol. The quantitative estimate of drug-likeness (QED) is 0.810. The van der Waals surface area contributed by atoms with Gasteiger partial charge < -0.3 is 10.8 Å². The van der Waals surface area contributed by atoms with E-state index in [1.54, 1.807) is 0 Å². The SMILES string of the molecule is NCC(CC(=O)O)c1ccc2c(c1)CCC2. The zero-order valence-corrected chi connectivity index (χ0v) is 9.28. The molecule has 0 fully saturated rings. The summed E-state index contributed by atoms with van der Waals surface area (Å²) in [4.78, 5) is 10.7. The Morgan fingerprint density at radius 3 is 2.81 bits per heavy atom. The smallest absolute Gasteiger partial charge is 0.304 e. The van der Waals surface area contributed by atoms with Crippen molar-refractivity contribution in [1.29, 1.82) is 0 Å². The fourth-order valence-corrected chi connectivity index (χ4v) is 2.39. The molecule has 0 bridgehead atoms. The number of aryl methyl sites for hydroxylation is 2. The van der Waals surface area contributed by atoms with Crippen LogP contribution in [0.2, 0.25) is 0 Å². The third-order valence-corrected chi connectivity index (χ3v) is 3.30. The minimum atomic E-state index is -0.782. The van der Waals surface area contributed by atoms with Gasteiger partial charge in [-0.2, -0.15) is 0 Å². The summed E-state index contributed by atoms with van der Waals surface area (Å²) in [7, 11) is 0. The first-order chi connectivity index (χ1) is 7.70. The Balaban J connectivity index is 2.21. The first kappa shape index (κ1) is 11.1. The molecule has 3 heteroatoms. The highest BCUT2D eigenvalue weighted by atomic mass is 16.4. The summed E-state index contributed by atoms with van der Waals surface area (Å²) >= 11 is 0. The van der Waals surface area contributed by atoms with Crippen molar-refractivity contribution in [3.05, 3.63) is 34.9 Å². The third-order valence-electron chi connectivity index (χ3n) is 3.30. The van der Waals surface area contributed by atoms with Crippen LogP contribution in [0.3, 0.4) is 0 Å². The van der Waals surface area contributed by atoms with Gasteiger partial charge >= 0.3 is 5.97 Å². The maximum atomic E-state index is 10.7. The molecule has 0 saturated heterocycles. The van der Waals surface area contributed by atoms with Gasteiger partial charge in [0.2, 0.25) is 0 Å². The molecule has 86 valence electrons. The van der Waals surface area contributed by atoms with Gasteiger partial charge in [-0.1, -0.05) is 18.2 Å². The zero-order valence-electron chi connectivity index (χ0n) is 9.28. The number of fused-ring (bicyclic) bond motifs is 1. The van der Waals surface area contributed by atoms with E-state index < -0.39 is 5.97 Å². The maximum absolute atomic E-state index is 10.7. The highest BCUT2D eigenvalue weighted by Crippen LogP contribution is 2.27. The van der Waals surface area contributed by atoms with Gasteiger partial charge in [0.25, 0.3) is 0 Å². The van der Waals surface area contributed by atoms with Gasteiger partial charge in [0.15, 0.2) is 0 Å². The van der Waals surface area contributed by atoms with Crippen molar-refractivity contribution in [2.45, 2.75) is 31.6 Å². The van der Waals surface area contributed by atoms with Crippen LogP contribution < -0.4 is 5.73 Å². The van der Waals surface area contributed by atoms with E-state index in [0.29, 0.717) is 6.54 Å². The van der Waals surface area contributed by atoms with Gasteiger partial charge in [-0.05, 0) is 42.5 Å². The Bertz CT molecular complexity index is 401. The number of nitrogens with two attached hydrogens (primary N) is 1. The summed E-state index contributed by atoms with van der Waals surface area (Å²) in [5.74, 6) is -0.834. The van der Waals surface area contributed by atoms with E-state index in [-0.39, 0.29) is 12.3 Å². The number of rotatable bonds is 4. The average molecular weight is 219 g/mol. The van der Waals surface area contributed by atoms with Crippen LogP contribution in [-0.4, -0.2) is 17.6 Å². The topological polar surface area (TPSA) is 63.3 Å². The summed E-state index contributed by atoms with van der Waals surface area (Å²) in [6.45, 7) is 0.394. The zero-order chi connectivity index (χ0) is 11.5. The maximum Gasteiger partial charge on any atom is 0.304 e. The lowest BCUT2D eigenvalue weighted by Gasteiger charge is -2.14. The van der Waals surface area contributed by atoms with Crippen LogP contribution >= 0.6 is 0 Å². The van der Waals surface area contributed by atoms with Crippen molar-refractivity contribution in [1.82, 2.24) is 0 Å². The molecule has 1 aliphatic rings. The van der Waals surface area contributed by atoms with Crippen LogP contribution in [0.1, 0.15) is 35.4 Å². The molecule has 3 N–H and O–H groups in total. The molecule has 2 rings (SSSR count). The first-order valence-electron chi connectivity index (χ1n) is 5.74. The summed E-state index contributed by atoms with van der Waals surface area (Å²) < 4.78 is 0. The molecule has 1 unspecified atom stereocenters. The molecular weight excluding hydrogens is 202 g/mol. The number of carboxylic acids is 1. The highest BCUT2D eigenvalue weighted by molar-refractivity contribution is 5.68. The molecular formula is C13H17NO2. The highest BCUT2D eigenvalue weighted by Gasteiger charge is 2.17. The van der Waals surface area contributed by atoms with Crippen molar-refractivity contribution in [3.63, 3.8) is 0 Å². The molecule has 3 nitrogen and oxygen atoms in total. The van der Waals surface area contributed by atoms with Crippen LogP contribution in [0.25, 0.3) is 0 Å². The van der Waals surface area contributed by atoms with Crippen molar-refractivity contribution in [2.24, 2.45) is 5.73 Å². The minimum absolute atomic E-state index is 0.0524. The lowest BCUT2D eigenvalue weighted by Crippen LogP contribution is -2.16. The number of benzene rings is 1. The van der Waals surface area contributed by atoms with Crippen molar-refractivity contribution >= 4 is 5.97 Å². The minimum Gasteiger partial charge on any atom is -0.481 e. The van der Waals surface area contributed by atoms with E-state index in [1.165, 1.54) is 17.5 Å². The van der Waals surface area contributed by atoms with Crippen LogP contribution in [0, 0.1) is 0 Å². The van der Waals surface area contributed by atoms with Crippen LogP contribution in [0.5, 0.6) is 0 Å². The standard InChI is InChI=1S/C13H17NO2/c14-8-12(7-13(15)16)11-5-4-9-2-1-3-10(9)6-11/h4-6,12H,1-3,7-8,14H2,(H,15,16). The fourth-order valence-electron chi connectivity index (χ4n) is 2.39. The second-order valence-corrected chi connectivity index (χ2v) is 4.41. The molecule has 0 heterocycles. The molecule has 0 radical (unpaired) electrons. The van der Waals surface area contributed by atoms with Gasteiger partial charge in [-0.3, -0.25) is 4.79 Å². The molecule has 0 saturated carbocycles. The van der Waals surface area contributed by atoms with Gasteiger partial charge in [0.1, 0.15) is 0 Å². The van der Waals surface area contributed by atoms with Gasteiger partial charge in [0, 0.05) is 5.92 Å². The molecule has 0 aromatic heterocycles. The molecule has 0 spiro atoms. The van der Waals surface area contributed by atoms with E-state index in [1.807, 2.05) is 6.07 Å². The molecule has 16 heavy (non-hydrogen) atoms.